The Bertz CT molecular complexity index is 1000. The number of hydrogen-bond donors (Lipinski definition) is 0. The Kier molecular flexibility index (Phi) is 12.9. The smallest absolute Gasteiger partial charge is 0.330 e. The molecular weight excluding hydrogens is 517 g/mol. The van der Waals surface area contributed by atoms with Gasteiger partial charge in [0.15, 0.2) is 16.6 Å². The molecule has 0 aliphatic heterocycles. The van der Waals surface area contributed by atoms with Crippen LogP contribution in [0.3, 0.4) is 0 Å². The monoisotopic (exact) mass is 560 g/mol. The van der Waals surface area contributed by atoms with E-state index in [9.17, 15) is 4.79 Å². The third-order valence-corrected chi connectivity index (χ3v) is 17.9. The van der Waals surface area contributed by atoms with Gasteiger partial charge in [-0.1, -0.05) is 111 Å². The minimum atomic E-state index is -2.34. The van der Waals surface area contributed by atoms with Gasteiger partial charge >= 0.3 is 5.97 Å². The molecule has 39 heavy (non-hydrogen) atoms. The van der Waals surface area contributed by atoms with E-state index in [1.54, 1.807) is 0 Å². The van der Waals surface area contributed by atoms with Crippen molar-refractivity contribution < 1.29 is 18.4 Å². The molecule has 0 atom stereocenters. The molecule has 0 saturated heterocycles. The number of rotatable bonds is 18. The highest BCUT2D eigenvalue weighted by molar-refractivity contribution is 6.86. The van der Waals surface area contributed by atoms with Crippen LogP contribution >= 0.6 is 0 Å². The van der Waals surface area contributed by atoms with Gasteiger partial charge in [-0.05, 0) is 59.4 Å². The number of hydrogen-bond acceptors (Lipinski definition) is 4. The third kappa shape index (κ3) is 10.4. The first-order valence-corrected chi connectivity index (χ1v) is 19.3. The van der Waals surface area contributed by atoms with E-state index in [0.717, 1.165) is 42.7 Å². The molecule has 3 aromatic carbocycles. The summed E-state index contributed by atoms with van der Waals surface area (Å²) in [5.41, 5.74) is 4.09. The van der Waals surface area contributed by atoms with Gasteiger partial charge in [0, 0.05) is 12.7 Å². The molecule has 0 amide bonds. The molecule has 0 unspecified atom stereocenters. The SMILES string of the molecule is C=CC(=O)OCCOCCC[Si](CC)(CC)O[Si](Cc1ccccc1)(Cc1ccccc1)Cc1ccccc1. The van der Waals surface area contributed by atoms with Crippen molar-refractivity contribution in [2.24, 2.45) is 0 Å². The van der Waals surface area contributed by atoms with Gasteiger partial charge in [-0.3, -0.25) is 0 Å². The molecule has 0 aromatic heterocycles. The molecule has 0 aliphatic rings. The normalized spacial score (nSPS) is 11.7. The predicted molar refractivity (Wildman–Crippen MR) is 165 cm³/mol. The zero-order valence-electron chi connectivity index (χ0n) is 23.6. The van der Waals surface area contributed by atoms with E-state index < -0.39 is 22.6 Å². The summed E-state index contributed by atoms with van der Waals surface area (Å²) in [7, 11) is -4.39. The summed E-state index contributed by atoms with van der Waals surface area (Å²) in [6.07, 6.45) is 2.13. The second kappa shape index (κ2) is 16.4. The van der Waals surface area contributed by atoms with Crippen molar-refractivity contribution in [3.63, 3.8) is 0 Å². The maximum atomic E-state index is 11.2. The maximum absolute atomic E-state index is 11.2. The molecule has 6 heteroatoms. The number of benzene rings is 3. The lowest BCUT2D eigenvalue weighted by atomic mass is 10.2. The first kappa shape index (κ1) is 30.8. The lowest BCUT2D eigenvalue weighted by Gasteiger charge is -2.42. The van der Waals surface area contributed by atoms with Crippen molar-refractivity contribution in [3.05, 3.63) is 120 Å². The molecule has 0 saturated carbocycles. The topological polar surface area (TPSA) is 44.8 Å². The van der Waals surface area contributed by atoms with Crippen LogP contribution in [0.2, 0.25) is 18.1 Å². The molecule has 0 aliphatic carbocycles. The van der Waals surface area contributed by atoms with Gasteiger partial charge < -0.3 is 13.6 Å². The average molecular weight is 561 g/mol. The lowest BCUT2D eigenvalue weighted by Crippen LogP contribution is -2.56. The first-order chi connectivity index (χ1) is 19.0. The van der Waals surface area contributed by atoms with E-state index in [-0.39, 0.29) is 6.61 Å². The number of carbonyl (C=O) groups is 1. The highest BCUT2D eigenvalue weighted by Gasteiger charge is 2.44. The van der Waals surface area contributed by atoms with Crippen LogP contribution in [0.1, 0.15) is 37.0 Å². The molecule has 0 bridgehead atoms. The quantitative estimate of drug-likeness (QED) is 0.0703. The van der Waals surface area contributed by atoms with Gasteiger partial charge in [-0.25, -0.2) is 4.79 Å². The zero-order valence-corrected chi connectivity index (χ0v) is 25.6. The fourth-order valence-corrected chi connectivity index (χ4v) is 16.7. The van der Waals surface area contributed by atoms with Crippen LogP contribution in [-0.4, -0.2) is 42.4 Å². The fraction of sp³-hybridized carbons (Fsp3) is 0.364. The lowest BCUT2D eigenvalue weighted by molar-refractivity contribution is -0.139. The highest BCUT2D eigenvalue weighted by atomic mass is 28.4. The standard InChI is InChI=1S/C33H44O4Si2/c1-4-33(34)36-25-24-35-23-16-26-38(5-2,6-3)37-39(27-30-17-10-7-11-18-30,28-31-19-12-8-13-20-31)29-32-21-14-9-15-22-32/h4,7-15,17-22H,1,5-6,16,23-29H2,2-3H3. The first-order valence-electron chi connectivity index (χ1n) is 14.2. The summed E-state index contributed by atoms with van der Waals surface area (Å²) >= 11 is 0. The van der Waals surface area contributed by atoms with Crippen LogP contribution in [0.4, 0.5) is 0 Å². The van der Waals surface area contributed by atoms with Crippen molar-refractivity contribution in [3.8, 4) is 0 Å². The summed E-state index contributed by atoms with van der Waals surface area (Å²) in [5, 5.41) is 0. The van der Waals surface area contributed by atoms with Crippen LogP contribution in [0.25, 0.3) is 0 Å². The van der Waals surface area contributed by atoms with Crippen LogP contribution < -0.4 is 0 Å². The van der Waals surface area contributed by atoms with E-state index >= 15 is 0 Å². The molecule has 0 radical (unpaired) electrons. The van der Waals surface area contributed by atoms with Gasteiger partial charge in [-0.2, -0.15) is 0 Å². The van der Waals surface area contributed by atoms with Gasteiger partial charge in [-0.15, -0.1) is 0 Å². The van der Waals surface area contributed by atoms with Gasteiger partial charge in [0.1, 0.15) is 6.61 Å². The molecule has 208 valence electrons. The van der Waals surface area contributed by atoms with Crippen molar-refractivity contribution in [2.75, 3.05) is 19.8 Å². The van der Waals surface area contributed by atoms with Crippen molar-refractivity contribution >= 4 is 22.6 Å². The largest absolute Gasteiger partial charge is 0.460 e. The number of ether oxygens (including phenoxy) is 2. The van der Waals surface area contributed by atoms with Gasteiger partial charge in [0.25, 0.3) is 0 Å². The highest BCUT2D eigenvalue weighted by Crippen LogP contribution is 2.33. The molecule has 3 rings (SSSR count). The Morgan fingerprint density at radius 3 is 1.56 bits per heavy atom. The van der Waals surface area contributed by atoms with Crippen LogP contribution in [0.5, 0.6) is 0 Å². The van der Waals surface area contributed by atoms with Gasteiger partial charge in [0.2, 0.25) is 0 Å². The van der Waals surface area contributed by atoms with E-state index in [1.165, 1.54) is 22.8 Å². The van der Waals surface area contributed by atoms with Crippen molar-refractivity contribution in [2.45, 2.75) is 56.5 Å². The summed E-state index contributed by atoms with van der Waals surface area (Å²) in [4.78, 5) is 11.2. The molecule has 0 spiro atoms. The van der Waals surface area contributed by atoms with E-state index in [2.05, 4.69) is 111 Å². The summed E-state index contributed by atoms with van der Waals surface area (Å²) in [5.74, 6) is -0.410. The van der Waals surface area contributed by atoms with Crippen LogP contribution in [-0.2, 0) is 36.5 Å². The Hall–Kier alpha value is -2.78. The second-order valence-electron chi connectivity index (χ2n) is 10.2. The van der Waals surface area contributed by atoms with E-state index in [0.29, 0.717) is 13.2 Å². The molecule has 3 aromatic rings. The molecular formula is C33H44O4Si2. The summed E-state index contributed by atoms with van der Waals surface area (Å²) in [6.45, 7) is 9.36. The van der Waals surface area contributed by atoms with Crippen molar-refractivity contribution in [1.82, 2.24) is 0 Å². The van der Waals surface area contributed by atoms with Crippen LogP contribution in [0, 0.1) is 0 Å². The summed E-state index contributed by atoms with van der Waals surface area (Å²) < 4.78 is 18.6. The third-order valence-electron chi connectivity index (χ3n) is 7.39. The van der Waals surface area contributed by atoms with Crippen molar-refractivity contribution in [1.29, 1.82) is 0 Å². The Morgan fingerprint density at radius 2 is 1.15 bits per heavy atom. The predicted octanol–water partition coefficient (Wildman–Crippen LogP) is 7.42. The molecule has 0 N–H and O–H groups in total. The maximum Gasteiger partial charge on any atom is 0.330 e. The van der Waals surface area contributed by atoms with Gasteiger partial charge in [0.05, 0.1) is 6.61 Å². The average Bonchev–Trinajstić information content (AvgIpc) is 2.97. The zero-order chi connectivity index (χ0) is 27.8. The fourth-order valence-electron chi connectivity index (χ4n) is 5.32. The van der Waals surface area contributed by atoms with E-state index in [1.807, 2.05) is 0 Å². The Morgan fingerprint density at radius 1 is 0.692 bits per heavy atom. The number of carbonyl (C=O) groups excluding carboxylic acids is 1. The molecule has 0 fully saturated rings. The minimum Gasteiger partial charge on any atom is -0.460 e. The molecule has 0 heterocycles. The molecule has 4 nitrogen and oxygen atoms in total. The van der Waals surface area contributed by atoms with Crippen LogP contribution in [0.15, 0.2) is 104 Å². The minimum absolute atomic E-state index is 0.257. The Labute approximate surface area is 237 Å². The number of esters is 1. The summed E-state index contributed by atoms with van der Waals surface area (Å²) in [6, 6.07) is 39.0. The Balaban J connectivity index is 1.84. The second-order valence-corrected chi connectivity index (χ2v) is 18.8. The van der Waals surface area contributed by atoms with E-state index in [4.69, 9.17) is 13.6 Å².